The third-order valence-corrected chi connectivity index (χ3v) is 5.69. The van der Waals surface area contributed by atoms with Crippen LogP contribution in [-0.4, -0.2) is 63.7 Å². The van der Waals surface area contributed by atoms with Crippen molar-refractivity contribution >= 4 is 11.9 Å². The number of rotatable bonds is 5. The van der Waals surface area contributed by atoms with Gasteiger partial charge in [-0.3, -0.25) is 19.2 Å². The highest BCUT2D eigenvalue weighted by Crippen LogP contribution is 2.44. The molecule has 25 heavy (non-hydrogen) atoms. The van der Waals surface area contributed by atoms with Crippen LogP contribution in [0.2, 0.25) is 0 Å². The van der Waals surface area contributed by atoms with Crippen molar-refractivity contribution in [2.24, 2.45) is 13.0 Å². The fourth-order valence-corrected chi connectivity index (χ4v) is 4.46. The van der Waals surface area contributed by atoms with Gasteiger partial charge in [0.15, 0.2) is 0 Å². The number of aromatic nitrogens is 2. The van der Waals surface area contributed by atoms with Crippen LogP contribution in [-0.2, 0) is 27.9 Å². The highest BCUT2D eigenvalue weighted by atomic mass is 16.5. The van der Waals surface area contributed by atoms with Crippen molar-refractivity contribution < 1.29 is 14.3 Å². The molecule has 1 unspecified atom stereocenters. The largest absolute Gasteiger partial charge is 0.469 e. The average Bonchev–Trinajstić information content (AvgIpc) is 3.13. The van der Waals surface area contributed by atoms with Gasteiger partial charge in [0, 0.05) is 51.4 Å². The first-order valence-electron chi connectivity index (χ1n) is 9.08. The summed E-state index contributed by atoms with van der Waals surface area (Å²) in [5.74, 6) is -0.484. The third kappa shape index (κ3) is 3.29. The molecule has 7 nitrogen and oxygen atoms in total. The van der Waals surface area contributed by atoms with E-state index in [0.717, 1.165) is 45.4 Å². The molecular weight excluding hydrogens is 320 g/mol. The Kier molecular flexibility index (Phi) is 5.13. The van der Waals surface area contributed by atoms with Gasteiger partial charge in [-0.15, -0.1) is 0 Å². The van der Waals surface area contributed by atoms with Crippen molar-refractivity contribution in [1.29, 1.82) is 0 Å². The van der Waals surface area contributed by atoms with Crippen LogP contribution in [0.4, 0.5) is 0 Å². The minimum absolute atomic E-state index is 0.0953. The number of aryl methyl sites for hydroxylation is 1. The summed E-state index contributed by atoms with van der Waals surface area (Å²) in [7, 11) is 3.34. The Bertz CT molecular complexity index is 634. The van der Waals surface area contributed by atoms with E-state index in [1.165, 1.54) is 12.7 Å². The number of hydrogen-bond acceptors (Lipinski definition) is 5. The summed E-state index contributed by atoms with van der Waals surface area (Å²) < 4.78 is 6.83. The first-order chi connectivity index (χ1) is 12.0. The van der Waals surface area contributed by atoms with Crippen LogP contribution in [0.25, 0.3) is 0 Å². The number of nitrogens with zero attached hydrogens (tertiary/aromatic N) is 4. The van der Waals surface area contributed by atoms with E-state index in [1.54, 1.807) is 0 Å². The Labute approximate surface area is 148 Å². The average molecular weight is 348 g/mol. The lowest BCUT2D eigenvalue weighted by Crippen LogP contribution is -2.57. The van der Waals surface area contributed by atoms with Gasteiger partial charge in [0.2, 0.25) is 5.91 Å². The number of esters is 1. The van der Waals surface area contributed by atoms with Crippen LogP contribution in [0, 0.1) is 5.92 Å². The first kappa shape index (κ1) is 17.9. The van der Waals surface area contributed by atoms with E-state index in [1.807, 2.05) is 29.0 Å². The minimum Gasteiger partial charge on any atom is -0.469 e. The molecular formula is C18H28N4O3. The molecule has 0 radical (unpaired) electrons. The zero-order valence-corrected chi connectivity index (χ0v) is 15.4. The number of ether oxygens (including phenoxy) is 1. The van der Waals surface area contributed by atoms with Crippen LogP contribution in [0.5, 0.6) is 0 Å². The molecule has 0 N–H and O–H groups in total. The maximum Gasteiger partial charge on any atom is 0.311 e. The Morgan fingerprint density at radius 1 is 1.40 bits per heavy atom. The summed E-state index contributed by atoms with van der Waals surface area (Å²) in [5.41, 5.74) is 0.821. The smallest absolute Gasteiger partial charge is 0.311 e. The lowest BCUT2D eigenvalue weighted by Gasteiger charge is -2.47. The monoisotopic (exact) mass is 348 g/mol. The molecule has 3 rings (SSSR count). The predicted molar refractivity (Wildman–Crippen MR) is 92.6 cm³/mol. The summed E-state index contributed by atoms with van der Waals surface area (Å²) in [6, 6.07) is 0. The Hall–Kier alpha value is -1.89. The van der Waals surface area contributed by atoms with E-state index in [-0.39, 0.29) is 29.8 Å². The van der Waals surface area contributed by atoms with E-state index in [0.29, 0.717) is 0 Å². The lowest BCUT2D eigenvalue weighted by molar-refractivity contribution is -0.150. The topological polar surface area (TPSA) is 67.7 Å². The summed E-state index contributed by atoms with van der Waals surface area (Å²) in [6.45, 7) is 5.39. The van der Waals surface area contributed by atoms with Gasteiger partial charge < -0.3 is 9.64 Å². The summed E-state index contributed by atoms with van der Waals surface area (Å²) in [5, 5.41) is 4.22. The van der Waals surface area contributed by atoms with E-state index >= 15 is 0 Å². The zero-order chi connectivity index (χ0) is 18.0. The molecule has 0 saturated carbocycles. The molecule has 0 bridgehead atoms. The fourth-order valence-electron chi connectivity index (χ4n) is 4.46. The maximum atomic E-state index is 12.5. The number of likely N-dealkylation sites (tertiary alicyclic amines) is 2. The van der Waals surface area contributed by atoms with E-state index in [9.17, 15) is 9.59 Å². The van der Waals surface area contributed by atoms with Crippen molar-refractivity contribution in [2.75, 3.05) is 26.7 Å². The lowest BCUT2D eigenvalue weighted by atomic mass is 9.76. The second-order valence-electron chi connectivity index (χ2n) is 7.23. The minimum atomic E-state index is -0.369. The van der Waals surface area contributed by atoms with E-state index < -0.39 is 0 Å². The second kappa shape index (κ2) is 7.15. The molecule has 2 aliphatic rings. The van der Waals surface area contributed by atoms with Crippen molar-refractivity contribution in [1.82, 2.24) is 19.6 Å². The first-order valence-corrected chi connectivity index (χ1v) is 9.08. The van der Waals surface area contributed by atoms with Crippen LogP contribution in [0.1, 0.15) is 38.2 Å². The summed E-state index contributed by atoms with van der Waals surface area (Å²) >= 11 is 0. The van der Waals surface area contributed by atoms with Crippen molar-refractivity contribution in [3.05, 3.63) is 18.0 Å². The standard InChI is InChI=1S/C18H28N4O3/c1-4-7-22-16(23)10-15(17(24)25-3)18(22)5-8-21(9-6-18)13-14-11-19-20(2)12-14/h11-12,15H,4-10,13H2,1-3H3. The van der Waals surface area contributed by atoms with Gasteiger partial charge in [-0.2, -0.15) is 5.10 Å². The number of amides is 1. The maximum absolute atomic E-state index is 12.5. The molecule has 2 fully saturated rings. The SMILES string of the molecule is CCCN1C(=O)CC(C(=O)OC)C12CCN(Cc1cnn(C)c1)CC2. The summed E-state index contributed by atoms with van der Waals surface area (Å²) in [4.78, 5) is 29.2. The van der Waals surface area contributed by atoms with E-state index in [4.69, 9.17) is 4.74 Å². The molecule has 1 spiro atoms. The van der Waals surface area contributed by atoms with Gasteiger partial charge in [0.25, 0.3) is 0 Å². The molecule has 1 atom stereocenters. The molecule has 1 aromatic heterocycles. The van der Waals surface area contributed by atoms with Crippen molar-refractivity contribution in [3.8, 4) is 0 Å². The number of carbonyl (C=O) groups is 2. The van der Waals surface area contributed by atoms with Gasteiger partial charge in [0.1, 0.15) is 0 Å². The molecule has 2 aliphatic heterocycles. The van der Waals surface area contributed by atoms with Gasteiger partial charge in [-0.05, 0) is 19.3 Å². The molecule has 0 aromatic carbocycles. The molecule has 1 aromatic rings. The van der Waals surface area contributed by atoms with Gasteiger partial charge in [0.05, 0.1) is 24.8 Å². The highest BCUT2D eigenvalue weighted by Gasteiger charge is 2.56. The molecule has 2 saturated heterocycles. The van der Waals surface area contributed by atoms with Crippen LogP contribution in [0.3, 0.4) is 0 Å². The van der Waals surface area contributed by atoms with Gasteiger partial charge in [-0.25, -0.2) is 0 Å². The highest BCUT2D eigenvalue weighted by molar-refractivity contribution is 5.89. The molecule has 7 heteroatoms. The van der Waals surface area contributed by atoms with Crippen molar-refractivity contribution in [2.45, 2.75) is 44.7 Å². The quantitative estimate of drug-likeness (QED) is 0.748. The molecule has 1 amide bonds. The van der Waals surface area contributed by atoms with Crippen molar-refractivity contribution in [3.63, 3.8) is 0 Å². The fraction of sp³-hybridized carbons (Fsp3) is 0.722. The van der Waals surface area contributed by atoms with Crippen LogP contribution in [0.15, 0.2) is 12.4 Å². The zero-order valence-electron chi connectivity index (χ0n) is 15.4. The number of carbonyl (C=O) groups excluding carboxylic acids is 2. The Morgan fingerprint density at radius 3 is 2.68 bits per heavy atom. The number of hydrogen-bond donors (Lipinski definition) is 0. The number of methoxy groups -OCH3 is 1. The Balaban J connectivity index is 1.74. The number of piperidine rings is 1. The second-order valence-corrected chi connectivity index (χ2v) is 7.23. The van der Waals surface area contributed by atoms with Gasteiger partial charge >= 0.3 is 5.97 Å². The predicted octanol–water partition coefficient (Wildman–Crippen LogP) is 1.19. The molecule has 3 heterocycles. The van der Waals surface area contributed by atoms with Crippen LogP contribution >= 0.6 is 0 Å². The Morgan fingerprint density at radius 2 is 2.12 bits per heavy atom. The van der Waals surface area contributed by atoms with E-state index in [2.05, 4.69) is 16.9 Å². The normalized spacial score (nSPS) is 23.4. The molecule has 138 valence electrons. The van der Waals surface area contributed by atoms with Crippen LogP contribution < -0.4 is 0 Å². The third-order valence-electron chi connectivity index (χ3n) is 5.69. The summed E-state index contributed by atoms with van der Waals surface area (Å²) in [6.07, 6.45) is 6.75. The van der Waals surface area contributed by atoms with Gasteiger partial charge in [-0.1, -0.05) is 6.92 Å². The molecule has 0 aliphatic carbocycles.